The van der Waals surface area contributed by atoms with Gasteiger partial charge in [-0.2, -0.15) is 0 Å². The Labute approximate surface area is 115 Å². The number of carbonyl (C=O) groups is 3. The van der Waals surface area contributed by atoms with Gasteiger partial charge in [0.1, 0.15) is 0 Å². The summed E-state index contributed by atoms with van der Waals surface area (Å²) in [6, 6.07) is 5.34. The van der Waals surface area contributed by atoms with Crippen LogP contribution in [0.5, 0.6) is 0 Å². The fraction of sp³-hybridized carbons (Fsp3) is 0.214. The van der Waals surface area contributed by atoms with Gasteiger partial charge in [-0.25, -0.2) is 4.79 Å². The average molecular weight is 274 g/mol. The molecule has 0 aromatic heterocycles. The van der Waals surface area contributed by atoms with Crippen LogP contribution in [0.3, 0.4) is 0 Å². The third-order valence-electron chi connectivity index (χ3n) is 2.93. The predicted molar refractivity (Wildman–Crippen MR) is 73.2 cm³/mol. The van der Waals surface area contributed by atoms with E-state index < -0.39 is 5.97 Å². The number of anilines is 1. The molecule has 0 unspecified atom stereocenters. The summed E-state index contributed by atoms with van der Waals surface area (Å²) in [6.07, 6.45) is 2.56. The van der Waals surface area contributed by atoms with Crippen molar-refractivity contribution in [3.63, 3.8) is 0 Å². The Morgan fingerprint density at radius 3 is 2.50 bits per heavy atom. The van der Waals surface area contributed by atoms with Gasteiger partial charge in [-0.05, 0) is 36.3 Å². The standard InChI is InChI=1S/C14H14N2O4/c1-9-6-10(3-5-14(19)20)2-4-11(9)16-7-12(17)15-13(18)8-16/h2-6H,7-8H2,1H3,(H,19,20)(H,15,17,18). The number of hydrogen-bond acceptors (Lipinski definition) is 4. The van der Waals surface area contributed by atoms with Crippen molar-refractivity contribution in [3.8, 4) is 0 Å². The molecule has 20 heavy (non-hydrogen) atoms. The van der Waals surface area contributed by atoms with Crippen molar-refractivity contribution in [1.29, 1.82) is 0 Å². The Bertz CT molecular complexity index is 591. The molecule has 2 rings (SSSR count). The summed E-state index contributed by atoms with van der Waals surface area (Å²) in [5.41, 5.74) is 2.42. The molecule has 2 amide bonds. The molecule has 1 fully saturated rings. The number of imide groups is 1. The van der Waals surface area contributed by atoms with Gasteiger partial charge in [0.25, 0.3) is 0 Å². The maximum Gasteiger partial charge on any atom is 0.328 e. The minimum absolute atomic E-state index is 0.136. The number of hydrogen-bond donors (Lipinski definition) is 2. The molecule has 1 aromatic rings. The molecule has 1 saturated heterocycles. The van der Waals surface area contributed by atoms with Gasteiger partial charge < -0.3 is 10.0 Å². The molecule has 0 bridgehead atoms. The number of aryl methyl sites for hydroxylation is 1. The van der Waals surface area contributed by atoms with Crippen molar-refractivity contribution in [3.05, 3.63) is 35.4 Å². The minimum Gasteiger partial charge on any atom is -0.478 e. The number of benzene rings is 1. The summed E-state index contributed by atoms with van der Waals surface area (Å²) >= 11 is 0. The molecule has 1 aromatic carbocycles. The van der Waals surface area contributed by atoms with Gasteiger partial charge in [0, 0.05) is 11.8 Å². The first kappa shape index (κ1) is 13.8. The summed E-state index contributed by atoms with van der Waals surface area (Å²) in [5.74, 6) is -1.66. The third-order valence-corrected chi connectivity index (χ3v) is 2.93. The summed E-state index contributed by atoms with van der Waals surface area (Å²) in [7, 11) is 0. The van der Waals surface area contributed by atoms with E-state index in [1.54, 1.807) is 17.0 Å². The first-order valence-electron chi connectivity index (χ1n) is 6.05. The van der Waals surface area contributed by atoms with E-state index in [1.165, 1.54) is 6.08 Å². The topological polar surface area (TPSA) is 86.7 Å². The Kier molecular flexibility index (Phi) is 3.84. The number of carboxylic acid groups (broad SMARTS) is 1. The fourth-order valence-electron chi connectivity index (χ4n) is 2.11. The van der Waals surface area contributed by atoms with Gasteiger partial charge in [-0.3, -0.25) is 14.9 Å². The number of piperazine rings is 1. The molecule has 0 atom stereocenters. The lowest BCUT2D eigenvalue weighted by molar-refractivity contribution is -0.132. The van der Waals surface area contributed by atoms with Crippen LogP contribution in [0.4, 0.5) is 5.69 Å². The quantitative estimate of drug-likeness (QED) is 0.621. The SMILES string of the molecule is Cc1cc(C=CC(=O)O)ccc1N1CC(=O)NC(=O)C1. The number of nitrogens with zero attached hydrogens (tertiary/aromatic N) is 1. The number of amides is 2. The van der Waals surface area contributed by atoms with Crippen LogP contribution in [0.15, 0.2) is 24.3 Å². The van der Waals surface area contributed by atoms with Crippen molar-refractivity contribution in [2.24, 2.45) is 0 Å². The zero-order valence-corrected chi connectivity index (χ0v) is 10.9. The van der Waals surface area contributed by atoms with Crippen molar-refractivity contribution in [2.45, 2.75) is 6.92 Å². The maximum absolute atomic E-state index is 11.4. The molecule has 0 radical (unpaired) electrons. The van der Waals surface area contributed by atoms with E-state index in [2.05, 4.69) is 5.32 Å². The van der Waals surface area contributed by atoms with Crippen LogP contribution in [0.25, 0.3) is 6.08 Å². The summed E-state index contributed by atoms with van der Waals surface area (Å²) in [5, 5.41) is 10.8. The lowest BCUT2D eigenvalue weighted by Crippen LogP contribution is -2.51. The van der Waals surface area contributed by atoms with E-state index in [-0.39, 0.29) is 24.9 Å². The van der Waals surface area contributed by atoms with Gasteiger partial charge in [0.2, 0.25) is 11.8 Å². The second-order valence-electron chi connectivity index (χ2n) is 4.54. The molecule has 6 heteroatoms. The highest BCUT2D eigenvalue weighted by Gasteiger charge is 2.23. The molecule has 0 spiro atoms. The Hall–Kier alpha value is -2.63. The van der Waals surface area contributed by atoms with Crippen LogP contribution in [-0.2, 0) is 14.4 Å². The van der Waals surface area contributed by atoms with Gasteiger partial charge in [-0.1, -0.05) is 6.07 Å². The summed E-state index contributed by atoms with van der Waals surface area (Å²) < 4.78 is 0. The molecule has 6 nitrogen and oxygen atoms in total. The van der Waals surface area contributed by atoms with Gasteiger partial charge >= 0.3 is 5.97 Å². The van der Waals surface area contributed by atoms with Crippen molar-refractivity contribution in [2.75, 3.05) is 18.0 Å². The monoisotopic (exact) mass is 274 g/mol. The smallest absolute Gasteiger partial charge is 0.328 e. The van der Waals surface area contributed by atoms with Crippen LogP contribution in [-0.4, -0.2) is 36.0 Å². The van der Waals surface area contributed by atoms with E-state index in [0.717, 1.165) is 22.9 Å². The fourth-order valence-corrected chi connectivity index (χ4v) is 2.11. The highest BCUT2D eigenvalue weighted by molar-refractivity contribution is 6.02. The van der Waals surface area contributed by atoms with Crippen molar-refractivity contribution >= 4 is 29.5 Å². The third kappa shape index (κ3) is 3.23. The van der Waals surface area contributed by atoms with E-state index in [1.807, 2.05) is 13.0 Å². The normalized spacial score (nSPS) is 15.6. The lowest BCUT2D eigenvalue weighted by atomic mass is 10.1. The van der Waals surface area contributed by atoms with Crippen LogP contribution >= 0.6 is 0 Å². The number of nitrogens with one attached hydrogen (secondary N) is 1. The average Bonchev–Trinajstić information content (AvgIpc) is 2.35. The molecular weight excluding hydrogens is 260 g/mol. The zero-order valence-electron chi connectivity index (χ0n) is 10.9. The first-order valence-corrected chi connectivity index (χ1v) is 6.05. The zero-order chi connectivity index (χ0) is 14.7. The second kappa shape index (κ2) is 5.56. The molecule has 1 heterocycles. The number of rotatable bonds is 3. The Morgan fingerprint density at radius 1 is 1.30 bits per heavy atom. The second-order valence-corrected chi connectivity index (χ2v) is 4.54. The van der Waals surface area contributed by atoms with Crippen molar-refractivity contribution < 1.29 is 19.5 Å². The highest BCUT2D eigenvalue weighted by atomic mass is 16.4. The van der Waals surface area contributed by atoms with E-state index in [4.69, 9.17) is 5.11 Å². The largest absolute Gasteiger partial charge is 0.478 e. The molecule has 2 N–H and O–H groups in total. The van der Waals surface area contributed by atoms with Crippen molar-refractivity contribution in [1.82, 2.24) is 5.32 Å². The predicted octanol–water partition coefficient (Wildman–Crippen LogP) is 0.556. The Morgan fingerprint density at radius 2 is 1.95 bits per heavy atom. The number of aliphatic carboxylic acids is 1. The lowest BCUT2D eigenvalue weighted by Gasteiger charge is -2.28. The van der Waals surface area contributed by atoms with E-state index >= 15 is 0 Å². The van der Waals surface area contributed by atoms with Crippen LogP contribution in [0.2, 0.25) is 0 Å². The minimum atomic E-state index is -1.01. The van der Waals surface area contributed by atoms with Gasteiger partial charge in [0.15, 0.2) is 0 Å². The van der Waals surface area contributed by atoms with Crippen LogP contribution < -0.4 is 10.2 Å². The summed E-state index contributed by atoms with van der Waals surface area (Å²) in [4.78, 5) is 34.9. The molecule has 1 aliphatic rings. The van der Waals surface area contributed by atoms with Crippen LogP contribution in [0, 0.1) is 6.92 Å². The number of carboxylic acids is 1. The van der Waals surface area contributed by atoms with E-state index in [9.17, 15) is 14.4 Å². The van der Waals surface area contributed by atoms with Gasteiger partial charge in [0.05, 0.1) is 13.1 Å². The first-order chi connectivity index (χ1) is 9.45. The van der Waals surface area contributed by atoms with Crippen LogP contribution in [0.1, 0.15) is 11.1 Å². The summed E-state index contributed by atoms with van der Waals surface area (Å²) in [6.45, 7) is 2.12. The highest BCUT2D eigenvalue weighted by Crippen LogP contribution is 2.22. The molecule has 104 valence electrons. The Balaban J connectivity index is 2.23. The molecular formula is C14H14N2O4. The molecule has 1 aliphatic heterocycles. The molecule has 0 aliphatic carbocycles. The number of carbonyl (C=O) groups excluding carboxylic acids is 2. The molecule has 0 saturated carbocycles. The van der Waals surface area contributed by atoms with Gasteiger partial charge in [-0.15, -0.1) is 0 Å². The van der Waals surface area contributed by atoms with E-state index in [0.29, 0.717) is 0 Å². The maximum atomic E-state index is 11.4.